The Morgan fingerprint density at radius 3 is 2.82 bits per heavy atom. The van der Waals surface area contributed by atoms with Crippen molar-refractivity contribution in [3.05, 3.63) is 22.2 Å². The highest BCUT2D eigenvalue weighted by atomic mass is 16.5. The normalized spacial score (nSPS) is 9.73. The minimum absolute atomic E-state index is 0.0724. The lowest BCUT2D eigenvalue weighted by molar-refractivity contribution is 0.390. The van der Waals surface area contributed by atoms with E-state index >= 15 is 0 Å². The highest BCUT2D eigenvalue weighted by Crippen LogP contribution is 2.05. The van der Waals surface area contributed by atoms with Crippen molar-refractivity contribution in [2.24, 2.45) is 7.05 Å². The zero-order valence-electron chi connectivity index (χ0n) is 6.79. The second-order valence-corrected chi connectivity index (χ2v) is 2.29. The van der Waals surface area contributed by atoms with Crippen LogP contribution >= 0.6 is 0 Å². The number of rotatable bonds is 1. The van der Waals surface area contributed by atoms with Crippen LogP contribution in [0.25, 0.3) is 0 Å². The van der Waals surface area contributed by atoms with Gasteiger partial charge in [-0.15, -0.1) is 0 Å². The molecule has 0 N–H and O–H groups in total. The third-order valence-corrected chi connectivity index (χ3v) is 1.50. The number of hydrogen-bond donors (Lipinski definition) is 0. The lowest BCUT2D eigenvalue weighted by Crippen LogP contribution is -2.20. The molecule has 0 spiro atoms. The van der Waals surface area contributed by atoms with Crippen LogP contribution in [0.3, 0.4) is 0 Å². The first kappa shape index (κ1) is 7.78. The van der Waals surface area contributed by atoms with Gasteiger partial charge in [-0.1, -0.05) is 0 Å². The Balaban J connectivity index is 3.37. The Hall–Kier alpha value is -1.32. The first-order valence-corrected chi connectivity index (χ1v) is 3.23. The third-order valence-electron chi connectivity index (χ3n) is 1.50. The highest BCUT2D eigenvalue weighted by Gasteiger charge is 2.03. The molecular formula is C7H10N2O2. The van der Waals surface area contributed by atoms with Crippen molar-refractivity contribution < 1.29 is 4.74 Å². The third kappa shape index (κ3) is 1.24. The number of aryl methyl sites for hydroxylation is 1. The minimum Gasteiger partial charge on any atom is -0.481 e. The largest absolute Gasteiger partial charge is 0.481 e. The number of nitrogens with zero attached hydrogens (tertiary/aromatic N) is 2. The van der Waals surface area contributed by atoms with E-state index in [9.17, 15) is 4.79 Å². The molecule has 1 aromatic heterocycles. The molecule has 0 aliphatic carbocycles. The number of methoxy groups -OCH3 is 1. The van der Waals surface area contributed by atoms with Gasteiger partial charge in [0.25, 0.3) is 5.56 Å². The molecule has 0 fully saturated rings. The Kier molecular flexibility index (Phi) is 1.94. The van der Waals surface area contributed by atoms with Gasteiger partial charge in [-0.2, -0.15) is 0 Å². The summed E-state index contributed by atoms with van der Waals surface area (Å²) >= 11 is 0. The topological polar surface area (TPSA) is 44.1 Å². The van der Waals surface area contributed by atoms with E-state index in [1.807, 2.05) is 0 Å². The lowest BCUT2D eigenvalue weighted by Gasteiger charge is -2.02. The van der Waals surface area contributed by atoms with Gasteiger partial charge in [0.05, 0.1) is 12.7 Å². The Labute approximate surface area is 64.5 Å². The van der Waals surface area contributed by atoms with Gasteiger partial charge in [0.1, 0.15) is 6.33 Å². The van der Waals surface area contributed by atoms with Crippen LogP contribution in [0.4, 0.5) is 0 Å². The second-order valence-electron chi connectivity index (χ2n) is 2.29. The Morgan fingerprint density at radius 1 is 1.64 bits per heavy atom. The Morgan fingerprint density at radius 2 is 2.27 bits per heavy atom. The van der Waals surface area contributed by atoms with E-state index in [2.05, 4.69) is 4.98 Å². The fourth-order valence-electron chi connectivity index (χ4n) is 0.850. The summed E-state index contributed by atoms with van der Waals surface area (Å²) in [6, 6.07) is 0. The van der Waals surface area contributed by atoms with Crippen molar-refractivity contribution >= 4 is 0 Å². The quantitative estimate of drug-likeness (QED) is 0.576. The zero-order chi connectivity index (χ0) is 8.43. The maximum atomic E-state index is 11.2. The fraction of sp³-hybridized carbons (Fsp3) is 0.429. The van der Waals surface area contributed by atoms with Crippen LogP contribution in [0.2, 0.25) is 0 Å². The molecule has 0 atom stereocenters. The molecule has 0 bridgehead atoms. The predicted octanol–water partition coefficient (Wildman–Crippen LogP) is 0.0973. The van der Waals surface area contributed by atoms with Gasteiger partial charge in [-0.05, 0) is 6.92 Å². The van der Waals surface area contributed by atoms with Crippen molar-refractivity contribution in [1.82, 2.24) is 9.55 Å². The molecule has 0 saturated heterocycles. The van der Waals surface area contributed by atoms with Crippen molar-refractivity contribution in [2.45, 2.75) is 6.92 Å². The first-order valence-electron chi connectivity index (χ1n) is 3.23. The molecule has 0 unspecified atom stereocenters. The average molecular weight is 154 g/mol. The van der Waals surface area contributed by atoms with E-state index in [0.29, 0.717) is 11.4 Å². The van der Waals surface area contributed by atoms with Gasteiger partial charge in [-0.25, -0.2) is 4.98 Å². The molecule has 11 heavy (non-hydrogen) atoms. The van der Waals surface area contributed by atoms with Gasteiger partial charge in [0, 0.05) is 7.05 Å². The molecule has 60 valence electrons. The standard InChI is InChI=1S/C7H10N2O2/c1-5-6(11-3)8-4-9(2)7(5)10/h4H,1-3H3. The fourth-order valence-corrected chi connectivity index (χ4v) is 0.850. The molecule has 0 radical (unpaired) electrons. The van der Waals surface area contributed by atoms with Gasteiger partial charge >= 0.3 is 0 Å². The summed E-state index contributed by atoms with van der Waals surface area (Å²) < 4.78 is 6.27. The Bertz CT molecular complexity index is 317. The molecule has 0 aliphatic rings. The van der Waals surface area contributed by atoms with Crippen LogP contribution in [0.5, 0.6) is 5.88 Å². The summed E-state index contributed by atoms with van der Waals surface area (Å²) in [4.78, 5) is 15.1. The van der Waals surface area contributed by atoms with Crippen LogP contribution in [0, 0.1) is 6.92 Å². The predicted molar refractivity (Wildman–Crippen MR) is 40.8 cm³/mol. The number of ether oxygens (including phenoxy) is 1. The number of hydrogen-bond acceptors (Lipinski definition) is 3. The van der Waals surface area contributed by atoms with E-state index in [0.717, 1.165) is 0 Å². The van der Waals surface area contributed by atoms with Crippen LogP contribution in [-0.4, -0.2) is 16.7 Å². The highest BCUT2D eigenvalue weighted by molar-refractivity contribution is 5.20. The van der Waals surface area contributed by atoms with E-state index in [-0.39, 0.29) is 5.56 Å². The van der Waals surface area contributed by atoms with Gasteiger partial charge in [0.2, 0.25) is 5.88 Å². The molecule has 4 nitrogen and oxygen atoms in total. The monoisotopic (exact) mass is 154 g/mol. The zero-order valence-corrected chi connectivity index (χ0v) is 6.79. The maximum absolute atomic E-state index is 11.2. The molecule has 0 aliphatic heterocycles. The van der Waals surface area contributed by atoms with Crippen molar-refractivity contribution in [1.29, 1.82) is 0 Å². The first-order chi connectivity index (χ1) is 5.16. The molecule has 1 aromatic rings. The van der Waals surface area contributed by atoms with E-state index in [1.54, 1.807) is 14.0 Å². The molecule has 4 heteroatoms. The van der Waals surface area contributed by atoms with Crippen molar-refractivity contribution in [2.75, 3.05) is 7.11 Å². The summed E-state index contributed by atoms with van der Waals surface area (Å²) in [6.45, 7) is 1.69. The summed E-state index contributed by atoms with van der Waals surface area (Å²) in [5, 5.41) is 0. The smallest absolute Gasteiger partial charge is 0.259 e. The van der Waals surface area contributed by atoms with E-state index in [1.165, 1.54) is 18.0 Å². The van der Waals surface area contributed by atoms with E-state index in [4.69, 9.17) is 4.74 Å². The molecular weight excluding hydrogens is 144 g/mol. The molecule has 0 aromatic carbocycles. The second kappa shape index (κ2) is 2.74. The average Bonchev–Trinajstić information content (AvgIpc) is 2.01. The van der Waals surface area contributed by atoms with Crippen molar-refractivity contribution in [3.8, 4) is 5.88 Å². The molecule has 1 rings (SSSR count). The molecule has 0 saturated carbocycles. The molecule has 1 heterocycles. The minimum atomic E-state index is -0.0724. The van der Waals surface area contributed by atoms with Gasteiger partial charge < -0.3 is 9.30 Å². The maximum Gasteiger partial charge on any atom is 0.259 e. The SMILES string of the molecule is COc1ncn(C)c(=O)c1C. The van der Waals surface area contributed by atoms with Crippen LogP contribution < -0.4 is 10.3 Å². The summed E-state index contributed by atoms with van der Waals surface area (Å²) in [7, 11) is 3.15. The van der Waals surface area contributed by atoms with Crippen LogP contribution in [0.15, 0.2) is 11.1 Å². The van der Waals surface area contributed by atoms with Crippen LogP contribution in [-0.2, 0) is 7.05 Å². The molecule has 0 amide bonds. The lowest BCUT2D eigenvalue weighted by atomic mass is 10.3. The van der Waals surface area contributed by atoms with Gasteiger partial charge in [0.15, 0.2) is 0 Å². The van der Waals surface area contributed by atoms with Crippen molar-refractivity contribution in [3.63, 3.8) is 0 Å². The number of aromatic nitrogens is 2. The van der Waals surface area contributed by atoms with E-state index < -0.39 is 0 Å². The van der Waals surface area contributed by atoms with Gasteiger partial charge in [-0.3, -0.25) is 4.79 Å². The summed E-state index contributed by atoms with van der Waals surface area (Å²) in [5.41, 5.74) is 0.467. The summed E-state index contributed by atoms with van der Waals surface area (Å²) in [5.74, 6) is 0.396. The summed E-state index contributed by atoms with van der Waals surface area (Å²) in [6.07, 6.45) is 1.44. The van der Waals surface area contributed by atoms with Crippen LogP contribution in [0.1, 0.15) is 5.56 Å².